The highest BCUT2D eigenvalue weighted by Crippen LogP contribution is 2.26. The molecule has 9 heteroatoms. The van der Waals surface area contributed by atoms with Crippen molar-refractivity contribution in [3.8, 4) is 11.5 Å². The lowest BCUT2D eigenvalue weighted by atomic mass is 10.2. The third-order valence-corrected chi connectivity index (χ3v) is 6.64. The second-order valence-electron chi connectivity index (χ2n) is 7.32. The Kier molecular flexibility index (Phi) is 8.26. The van der Waals surface area contributed by atoms with Gasteiger partial charge in [-0.05, 0) is 80.1 Å². The maximum atomic E-state index is 13.4. The molecule has 1 N–H and O–H groups in total. The number of hydrazone groups is 1. The number of sulfonamides is 1. The van der Waals surface area contributed by atoms with Gasteiger partial charge in [0.05, 0.1) is 30.5 Å². The predicted molar refractivity (Wildman–Crippen MR) is 132 cm³/mol. The van der Waals surface area contributed by atoms with Gasteiger partial charge in [-0.15, -0.1) is 0 Å². The number of benzene rings is 3. The van der Waals surface area contributed by atoms with E-state index in [9.17, 15) is 13.2 Å². The van der Waals surface area contributed by atoms with Gasteiger partial charge >= 0.3 is 0 Å². The van der Waals surface area contributed by atoms with Crippen LogP contribution in [0.25, 0.3) is 0 Å². The monoisotopic (exact) mass is 481 g/mol. The minimum atomic E-state index is -4.01. The highest BCUT2D eigenvalue weighted by atomic mass is 32.2. The summed E-state index contributed by atoms with van der Waals surface area (Å²) in [5.41, 5.74) is 4.40. The molecule has 0 heterocycles. The van der Waals surface area contributed by atoms with Crippen LogP contribution in [0.15, 0.2) is 82.8 Å². The smallest absolute Gasteiger partial charge is 0.264 e. The Labute approximate surface area is 199 Å². The Hall–Kier alpha value is -3.85. The molecule has 0 aliphatic carbocycles. The Bertz CT molecular complexity index is 1220. The van der Waals surface area contributed by atoms with Gasteiger partial charge in [0.15, 0.2) is 0 Å². The second kappa shape index (κ2) is 11.3. The summed E-state index contributed by atoms with van der Waals surface area (Å²) in [7, 11) is -2.49. The average Bonchev–Trinajstić information content (AvgIpc) is 2.84. The average molecular weight is 482 g/mol. The quantitative estimate of drug-likeness (QED) is 0.351. The first-order chi connectivity index (χ1) is 16.3. The molecular weight excluding hydrogens is 454 g/mol. The minimum Gasteiger partial charge on any atom is -0.497 e. The molecule has 0 bridgehead atoms. The molecule has 8 nitrogen and oxygen atoms in total. The second-order valence-corrected chi connectivity index (χ2v) is 9.18. The van der Waals surface area contributed by atoms with Crippen LogP contribution in [0.5, 0.6) is 11.5 Å². The maximum absolute atomic E-state index is 13.4. The molecular formula is C25H27N3O5S. The zero-order valence-corrected chi connectivity index (χ0v) is 20.1. The molecule has 0 atom stereocenters. The van der Waals surface area contributed by atoms with Gasteiger partial charge in [0, 0.05) is 0 Å². The number of ether oxygens (including phenoxy) is 2. The first-order valence-corrected chi connectivity index (χ1v) is 12.1. The van der Waals surface area contributed by atoms with Crippen molar-refractivity contribution >= 4 is 27.8 Å². The van der Waals surface area contributed by atoms with E-state index in [-0.39, 0.29) is 4.90 Å². The van der Waals surface area contributed by atoms with Crippen LogP contribution in [-0.2, 0) is 14.8 Å². The van der Waals surface area contributed by atoms with E-state index in [1.807, 2.05) is 13.8 Å². The minimum absolute atomic E-state index is 0.0830. The van der Waals surface area contributed by atoms with E-state index < -0.39 is 22.5 Å². The van der Waals surface area contributed by atoms with Crippen molar-refractivity contribution in [1.29, 1.82) is 0 Å². The third-order valence-electron chi connectivity index (χ3n) is 4.85. The van der Waals surface area contributed by atoms with Crippen LogP contribution >= 0.6 is 0 Å². The van der Waals surface area contributed by atoms with Crippen LogP contribution in [0.4, 0.5) is 5.69 Å². The number of aryl methyl sites for hydroxylation is 1. The molecule has 1 amide bonds. The topological polar surface area (TPSA) is 97.3 Å². The summed E-state index contributed by atoms with van der Waals surface area (Å²) in [5, 5.41) is 3.95. The van der Waals surface area contributed by atoms with Crippen molar-refractivity contribution in [1.82, 2.24) is 5.43 Å². The van der Waals surface area contributed by atoms with Crippen LogP contribution in [0.1, 0.15) is 18.1 Å². The van der Waals surface area contributed by atoms with Gasteiger partial charge in [0.1, 0.15) is 18.0 Å². The number of rotatable bonds is 10. The molecule has 0 aliphatic rings. The number of anilines is 1. The van der Waals surface area contributed by atoms with Gasteiger partial charge in [-0.25, -0.2) is 13.8 Å². The first-order valence-electron chi connectivity index (χ1n) is 10.6. The Morgan fingerprint density at radius 2 is 1.59 bits per heavy atom. The number of nitrogens with one attached hydrogen (secondary N) is 1. The van der Waals surface area contributed by atoms with Crippen molar-refractivity contribution in [2.45, 2.75) is 18.7 Å². The summed E-state index contributed by atoms with van der Waals surface area (Å²) in [4.78, 5) is 12.7. The summed E-state index contributed by atoms with van der Waals surface area (Å²) in [5.74, 6) is 0.717. The normalized spacial score (nSPS) is 11.3. The van der Waals surface area contributed by atoms with E-state index >= 15 is 0 Å². The predicted octanol–water partition coefficient (Wildman–Crippen LogP) is 3.75. The van der Waals surface area contributed by atoms with Crippen molar-refractivity contribution < 1.29 is 22.7 Å². The van der Waals surface area contributed by atoms with Gasteiger partial charge in [-0.3, -0.25) is 9.10 Å². The van der Waals surface area contributed by atoms with E-state index in [1.165, 1.54) is 25.5 Å². The summed E-state index contributed by atoms with van der Waals surface area (Å²) in [6, 6.07) is 20.1. The number of carbonyl (C=O) groups excluding carboxylic acids is 1. The van der Waals surface area contributed by atoms with E-state index in [2.05, 4.69) is 10.5 Å². The number of methoxy groups -OCH3 is 1. The fourth-order valence-electron chi connectivity index (χ4n) is 3.06. The van der Waals surface area contributed by atoms with E-state index in [0.717, 1.165) is 21.2 Å². The molecule has 0 aliphatic heterocycles. The van der Waals surface area contributed by atoms with Gasteiger partial charge < -0.3 is 9.47 Å². The summed E-state index contributed by atoms with van der Waals surface area (Å²) in [6.07, 6.45) is 1.47. The maximum Gasteiger partial charge on any atom is 0.264 e. The molecule has 0 unspecified atom stereocenters. The highest BCUT2D eigenvalue weighted by molar-refractivity contribution is 7.92. The SMILES string of the molecule is CCOc1ccc(/C=N/NC(=O)CN(c2ccc(OC)cc2)S(=O)(=O)c2ccc(C)cc2)cc1. The molecule has 3 aromatic rings. The van der Waals surface area contributed by atoms with Gasteiger partial charge in [0.25, 0.3) is 15.9 Å². The van der Waals surface area contributed by atoms with Gasteiger partial charge in [0.2, 0.25) is 0 Å². The van der Waals surface area contributed by atoms with Crippen LogP contribution in [-0.4, -0.2) is 40.8 Å². The standard InChI is InChI=1S/C25H27N3O5S/c1-4-33-23-11-7-20(8-12-23)17-26-27-25(29)18-28(21-9-13-22(32-3)14-10-21)34(30,31)24-15-5-19(2)6-16-24/h5-17H,4,18H2,1-3H3,(H,27,29)/b26-17+. The van der Waals surface area contributed by atoms with Gasteiger partial charge in [-0.1, -0.05) is 17.7 Å². The van der Waals surface area contributed by atoms with Crippen molar-refractivity contribution in [2.24, 2.45) is 5.10 Å². The van der Waals surface area contributed by atoms with E-state index in [1.54, 1.807) is 60.7 Å². The number of nitrogens with zero attached hydrogens (tertiary/aromatic N) is 2. The lowest BCUT2D eigenvalue weighted by Crippen LogP contribution is -2.39. The molecule has 178 valence electrons. The molecule has 34 heavy (non-hydrogen) atoms. The van der Waals surface area contributed by atoms with Gasteiger partial charge in [-0.2, -0.15) is 5.10 Å². The van der Waals surface area contributed by atoms with Crippen LogP contribution in [0, 0.1) is 6.92 Å². The fraction of sp³-hybridized carbons (Fsp3) is 0.200. The molecule has 0 fully saturated rings. The number of hydrogen-bond donors (Lipinski definition) is 1. The molecule has 3 rings (SSSR count). The Morgan fingerprint density at radius 1 is 0.971 bits per heavy atom. The van der Waals surface area contributed by atoms with Crippen molar-refractivity contribution in [3.05, 3.63) is 83.9 Å². The van der Waals surface area contributed by atoms with E-state index in [4.69, 9.17) is 9.47 Å². The van der Waals surface area contributed by atoms with Crippen LogP contribution < -0.4 is 19.2 Å². The molecule has 0 spiro atoms. The number of amides is 1. The lowest BCUT2D eigenvalue weighted by molar-refractivity contribution is -0.119. The highest BCUT2D eigenvalue weighted by Gasteiger charge is 2.27. The Morgan fingerprint density at radius 3 is 2.18 bits per heavy atom. The largest absolute Gasteiger partial charge is 0.497 e. The zero-order valence-electron chi connectivity index (χ0n) is 19.3. The van der Waals surface area contributed by atoms with Crippen molar-refractivity contribution in [3.63, 3.8) is 0 Å². The molecule has 0 saturated heterocycles. The molecule has 0 radical (unpaired) electrons. The van der Waals surface area contributed by atoms with E-state index in [0.29, 0.717) is 18.0 Å². The number of carbonyl (C=O) groups is 1. The van der Waals surface area contributed by atoms with Crippen molar-refractivity contribution in [2.75, 3.05) is 24.6 Å². The summed E-state index contributed by atoms with van der Waals surface area (Å²) < 4.78 is 38.3. The molecule has 0 saturated carbocycles. The third kappa shape index (κ3) is 6.35. The summed E-state index contributed by atoms with van der Waals surface area (Å²) in [6.45, 7) is 3.88. The Balaban J connectivity index is 1.78. The zero-order chi connectivity index (χ0) is 24.6. The van der Waals surface area contributed by atoms with Crippen LogP contribution in [0.3, 0.4) is 0 Å². The fourth-order valence-corrected chi connectivity index (χ4v) is 4.48. The summed E-state index contributed by atoms with van der Waals surface area (Å²) >= 11 is 0. The van der Waals surface area contributed by atoms with Crippen LogP contribution in [0.2, 0.25) is 0 Å². The molecule has 0 aromatic heterocycles. The lowest BCUT2D eigenvalue weighted by Gasteiger charge is -2.24. The first kappa shape index (κ1) is 24.8. The molecule has 3 aromatic carbocycles. The number of hydrogen-bond acceptors (Lipinski definition) is 6.